The second-order valence-corrected chi connectivity index (χ2v) is 11.0. The molecule has 4 aliphatic rings. The molecule has 0 aromatic heterocycles. The molecule has 3 saturated carbocycles. The number of anilines is 1. The molecule has 4 fully saturated rings. The van der Waals surface area contributed by atoms with Crippen LogP contribution in [0.1, 0.15) is 47.0 Å². The number of rotatable bonds is 7. The summed E-state index contributed by atoms with van der Waals surface area (Å²) in [5, 5.41) is 11.9. The predicted molar refractivity (Wildman–Crippen MR) is 137 cm³/mol. The smallest absolute Gasteiger partial charge is 0.226 e. The van der Waals surface area contributed by atoms with Gasteiger partial charge in [0.2, 0.25) is 11.9 Å². The molecule has 1 heterocycles. The van der Waals surface area contributed by atoms with Crippen LogP contribution in [-0.2, 0) is 4.79 Å². The zero-order valence-electron chi connectivity index (χ0n) is 21.7. The van der Waals surface area contributed by atoms with Crippen molar-refractivity contribution < 1.29 is 13.9 Å². The van der Waals surface area contributed by atoms with Crippen LogP contribution in [0.3, 0.4) is 0 Å². The van der Waals surface area contributed by atoms with E-state index in [-0.39, 0.29) is 18.0 Å². The average Bonchev–Trinajstić information content (AvgIpc) is 2.81. The Hall–Kier alpha value is -2.39. The highest BCUT2D eigenvalue weighted by Crippen LogP contribution is 2.61. The van der Waals surface area contributed by atoms with E-state index in [1.165, 1.54) is 25.7 Å². The van der Waals surface area contributed by atoms with Gasteiger partial charge in [0.05, 0.1) is 19.3 Å². The van der Waals surface area contributed by atoms with Crippen molar-refractivity contribution in [2.24, 2.45) is 28.2 Å². The van der Waals surface area contributed by atoms with E-state index in [4.69, 9.17) is 9.73 Å². The first kappa shape index (κ1) is 25.7. The molecule has 2 bridgehead atoms. The summed E-state index contributed by atoms with van der Waals surface area (Å²) in [4.78, 5) is 17.2. The van der Waals surface area contributed by atoms with Crippen LogP contribution in [0.5, 0.6) is 5.75 Å². The fourth-order valence-corrected chi connectivity index (χ4v) is 6.02. The summed E-state index contributed by atoms with van der Waals surface area (Å²) in [5.41, 5.74) is 4.04. The number of benzene rings is 1. The van der Waals surface area contributed by atoms with Crippen LogP contribution >= 0.6 is 0 Å². The molecule has 9 heteroatoms. The van der Waals surface area contributed by atoms with Crippen molar-refractivity contribution in [3.8, 4) is 5.75 Å². The zero-order chi connectivity index (χ0) is 25.2. The van der Waals surface area contributed by atoms with Gasteiger partial charge in [-0.2, -0.15) is 0 Å². The molecule has 194 valence electrons. The van der Waals surface area contributed by atoms with Crippen molar-refractivity contribution in [2.75, 3.05) is 38.6 Å². The van der Waals surface area contributed by atoms with E-state index in [1.54, 1.807) is 6.07 Å². The number of hydrogen-bond acceptors (Lipinski definition) is 5. The van der Waals surface area contributed by atoms with Crippen molar-refractivity contribution in [3.63, 3.8) is 0 Å². The third-order valence-electron chi connectivity index (χ3n) is 8.37. The van der Waals surface area contributed by atoms with Gasteiger partial charge < -0.3 is 20.7 Å². The molecule has 4 N–H and O–H groups in total. The molecule has 1 saturated heterocycles. The summed E-state index contributed by atoms with van der Waals surface area (Å²) in [7, 11) is 1.48. The number of amides is 1. The molecular formula is C26H41FN6O2. The number of aliphatic imine (C=N–C) groups is 1. The first-order chi connectivity index (χ1) is 16.7. The number of fused-ring (bicyclic) bond motifs is 2. The van der Waals surface area contributed by atoms with Crippen LogP contribution < -0.4 is 26.1 Å². The van der Waals surface area contributed by atoms with Crippen molar-refractivity contribution in [3.05, 3.63) is 24.0 Å². The number of nitrogens with one attached hydrogen (secondary N) is 4. The van der Waals surface area contributed by atoms with Gasteiger partial charge in [0, 0.05) is 44.2 Å². The van der Waals surface area contributed by atoms with E-state index in [1.807, 2.05) is 0 Å². The van der Waals surface area contributed by atoms with E-state index >= 15 is 0 Å². The van der Waals surface area contributed by atoms with Crippen molar-refractivity contribution in [2.45, 2.75) is 59.0 Å². The minimum atomic E-state index is -0.522. The Balaban J connectivity index is 1.37. The number of nitrogens with zero attached hydrogens (tertiary/aromatic N) is 2. The van der Waals surface area contributed by atoms with Crippen LogP contribution in [0, 0.1) is 29.0 Å². The summed E-state index contributed by atoms with van der Waals surface area (Å²) >= 11 is 0. The van der Waals surface area contributed by atoms with Gasteiger partial charge in [-0.1, -0.05) is 20.8 Å². The lowest BCUT2D eigenvalue weighted by molar-refractivity contribution is -0.116. The SMILES string of the molecule is COc1ccc(NC(=O)CCN=C(NC2CC3CC(C2C)C3(C)C)NN2CCNC(C)C2)c(F)c1. The molecular weight excluding hydrogens is 447 g/mol. The second kappa shape index (κ2) is 10.7. The minimum Gasteiger partial charge on any atom is -0.497 e. The lowest BCUT2D eigenvalue weighted by Gasteiger charge is -2.62. The summed E-state index contributed by atoms with van der Waals surface area (Å²) in [6.07, 6.45) is 2.62. The van der Waals surface area contributed by atoms with E-state index in [9.17, 15) is 9.18 Å². The van der Waals surface area contributed by atoms with Gasteiger partial charge in [0.1, 0.15) is 11.6 Å². The molecule has 0 spiro atoms. The Morgan fingerprint density at radius 2 is 2.11 bits per heavy atom. The van der Waals surface area contributed by atoms with Crippen LogP contribution in [0.15, 0.2) is 23.2 Å². The fraction of sp³-hybridized carbons (Fsp3) is 0.692. The monoisotopic (exact) mass is 488 g/mol. The lowest BCUT2D eigenvalue weighted by atomic mass is 9.45. The first-order valence-electron chi connectivity index (χ1n) is 12.9. The first-order valence-corrected chi connectivity index (χ1v) is 12.9. The average molecular weight is 489 g/mol. The number of carbonyl (C=O) groups excluding carboxylic acids is 1. The number of hydrogen-bond donors (Lipinski definition) is 4. The minimum absolute atomic E-state index is 0.143. The molecule has 35 heavy (non-hydrogen) atoms. The zero-order valence-corrected chi connectivity index (χ0v) is 21.7. The van der Waals surface area contributed by atoms with Gasteiger partial charge in [-0.15, -0.1) is 0 Å². The van der Waals surface area contributed by atoms with E-state index in [0.29, 0.717) is 35.7 Å². The highest BCUT2D eigenvalue weighted by atomic mass is 19.1. The number of halogens is 1. The number of carbonyl (C=O) groups is 1. The van der Waals surface area contributed by atoms with Gasteiger partial charge in [0.15, 0.2) is 0 Å². The quantitative estimate of drug-likeness (QED) is 0.349. The number of methoxy groups -OCH3 is 1. The summed E-state index contributed by atoms with van der Waals surface area (Å²) in [6, 6.07) is 5.14. The molecule has 1 aromatic carbocycles. The van der Waals surface area contributed by atoms with Gasteiger partial charge in [-0.05, 0) is 55.1 Å². The number of ether oxygens (including phenoxy) is 1. The van der Waals surface area contributed by atoms with Crippen LogP contribution in [-0.4, -0.2) is 62.2 Å². The van der Waals surface area contributed by atoms with Crippen molar-refractivity contribution >= 4 is 17.6 Å². The highest BCUT2D eigenvalue weighted by molar-refractivity contribution is 5.91. The maximum absolute atomic E-state index is 14.2. The summed E-state index contributed by atoms with van der Waals surface area (Å²) in [6.45, 7) is 12.3. The van der Waals surface area contributed by atoms with Gasteiger partial charge in [0.25, 0.3) is 0 Å². The second-order valence-electron chi connectivity index (χ2n) is 11.0. The van der Waals surface area contributed by atoms with Gasteiger partial charge >= 0.3 is 0 Å². The molecule has 3 aliphatic carbocycles. The molecule has 5 unspecified atom stereocenters. The molecule has 1 aromatic rings. The highest BCUT2D eigenvalue weighted by Gasteiger charge is 2.56. The normalized spacial score (nSPS) is 30.2. The predicted octanol–water partition coefficient (Wildman–Crippen LogP) is 2.98. The van der Waals surface area contributed by atoms with E-state index in [0.717, 1.165) is 43.9 Å². The molecule has 5 rings (SSSR count). The van der Waals surface area contributed by atoms with E-state index < -0.39 is 5.82 Å². The standard InChI is InChI=1S/C26H41FN6O2/c1-16-15-33(11-10-28-16)32-25(31-23-13-18-12-20(17(23)2)26(18,3)4)29-9-8-24(34)30-22-7-6-19(35-5)14-21(22)27/h6-7,14,16-18,20,23,28H,8-13,15H2,1-5H3,(H,30,34)(H2,29,31,32). The molecule has 1 aliphatic heterocycles. The van der Waals surface area contributed by atoms with Crippen molar-refractivity contribution in [1.29, 1.82) is 0 Å². The summed E-state index contributed by atoms with van der Waals surface area (Å²) in [5.74, 6) is 2.36. The molecule has 0 radical (unpaired) electrons. The van der Waals surface area contributed by atoms with Crippen molar-refractivity contribution in [1.82, 2.24) is 21.1 Å². The fourth-order valence-electron chi connectivity index (χ4n) is 6.02. The number of guanidine groups is 1. The maximum atomic E-state index is 14.2. The third kappa shape index (κ3) is 5.89. The number of hydrazine groups is 1. The Bertz CT molecular complexity index is 938. The molecule has 8 nitrogen and oxygen atoms in total. The largest absolute Gasteiger partial charge is 0.497 e. The Morgan fingerprint density at radius 1 is 1.31 bits per heavy atom. The maximum Gasteiger partial charge on any atom is 0.226 e. The Labute approximate surface area is 208 Å². The Morgan fingerprint density at radius 3 is 2.77 bits per heavy atom. The van der Waals surface area contributed by atoms with Crippen LogP contribution in [0.4, 0.5) is 10.1 Å². The van der Waals surface area contributed by atoms with Crippen LogP contribution in [0.2, 0.25) is 0 Å². The summed E-state index contributed by atoms with van der Waals surface area (Å²) < 4.78 is 19.2. The van der Waals surface area contributed by atoms with Gasteiger partial charge in [-0.25, -0.2) is 9.40 Å². The van der Waals surface area contributed by atoms with Crippen LogP contribution in [0.25, 0.3) is 0 Å². The van der Waals surface area contributed by atoms with Gasteiger partial charge in [-0.3, -0.25) is 15.2 Å². The molecule has 1 amide bonds. The lowest BCUT2D eigenvalue weighted by Crippen LogP contribution is -2.64. The topological polar surface area (TPSA) is 90.0 Å². The third-order valence-corrected chi connectivity index (χ3v) is 8.37. The molecule has 5 atom stereocenters. The number of piperazine rings is 1. The van der Waals surface area contributed by atoms with E-state index in [2.05, 4.69) is 54.1 Å². The Kier molecular flexibility index (Phi) is 7.86.